The zero-order valence-corrected chi connectivity index (χ0v) is 14.1. The van der Waals surface area contributed by atoms with Gasteiger partial charge in [0.2, 0.25) is 0 Å². The lowest BCUT2D eigenvalue weighted by molar-refractivity contribution is 0.0595. The van der Waals surface area contributed by atoms with Gasteiger partial charge in [0.15, 0.2) is 5.03 Å². The number of likely N-dealkylation sites (tertiary alicyclic amines) is 1. The molecule has 22 heavy (non-hydrogen) atoms. The third-order valence-electron chi connectivity index (χ3n) is 4.60. The quantitative estimate of drug-likeness (QED) is 0.913. The van der Waals surface area contributed by atoms with Crippen LogP contribution in [-0.4, -0.2) is 36.8 Å². The Hall–Kier alpha value is -1.47. The maximum atomic E-state index is 12.7. The minimum Gasteiger partial charge on any atom is -0.335 e. The zero-order chi connectivity index (χ0) is 16.5. The van der Waals surface area contributed by atoms with Crippen molar-refractivity contribution in [1.29, 1.82) is 0 Å². The molecule has 1 aliphatic heterocycles. The van der Waals surface area contributed by atoms with Crippen molar-refractivity contribution in [2.24, 2.45) is 10.6 Å². The van der Waals surface area contributed by atoms with E-state index < -0.39 is 10.0 Å². The van der Waals surface area contributed by atoms with E-state index in [1.54, 1.807) is 0 Å². The second kappa shape index (κ2) is 5.96. The Labute approximate surface area is 131 Å². The second-order valence-electron chi connectivity index (χ2n) is 6.43. The lowest BCUT2D eigenvalue weighted by Crippen LogP contribution is -2.44. The number of nitrogens with two attached hydrogens (primary N) is 1. The van der Waals surface area contributed by atoms with E-state index in [0.717, 1.165) is 25.8 Å². The van der Waals surface area contributed by atoms with Crippen LogP contribution >= 0.6 is 0 Å². The molecule has 0 bridgehead atoms. The predicted molar refractivity (Wildman–Crippen MR) is 83.7 cm³/mol. The van der Waals surface area contributed by atoms with Crippen molar-refractivity contribution in [2.45, 2.75) is 51.1 Å². The van der Waals surface area contributed by atoms with Gasteiger partial charge in [0, 0.05) is 18.8 Å². The Balaban J connectivity index is 2.24. The van der Waals surface area contributed by atoms with Crippen LogP contribution in [0.4, 0.5) is 0 Å². The van der Waals surface area contributed by atoms with Gasteiger partial charge < -0.3 is 4.90 Å². The molecule has 1 aromatic heterocycles. The first-order valence-electron chi connectivity index (χ1n) is 7.46. The topological polar surface area (TPSA) is 93.4 Å². The highest BCUT2D eigenvalue weighted by molar-refractivity contribution is 7.89. The Morgan fingerprint density at radius 3 is 2.64 bits per heavy atom. The van der Waals surface area contributed by atoms with E-state index in [1.165, 1.54) is 18.3 Å². The van der Waals surface area contributed by atoms with Gasteiger partial charge >= 0.3 is 0 Å². The fourth-order valence-electron chi connectivity index (χ4n) is 2.90. The van der Waals surface area contributed by atoms with Gasteiger partial charge in [-0.25, -0.2) is 18.5 Å². The summed E-state index contributed by atoms with van der Waals surface area (Å²) in [5, 5.41) is 4.79. The summed E-state index contributed by atoms with van der Waals surface area (Å²) in [7, 11) is -3.84. The summed E-state index contributed by atoms with van der Waals surface area (Å²) < 4.78 is 22.4. The molecule has 0 saturated carbocycles. The van der Waals surface area contributed by atoms with E-state index in [0.29, 0.717) is 5.56 Å². The van der Waals surface area contributed by atoms with Gasteiger partial charge in [-0.2, -0.15) is 0 Å². The average Bonchev–Trinajstić information content (AvgIpc) is 2.96. The molecule has 0 aromatic carbocycles. The average molecular weight is 325 g/mol. The van der Waals surface area contributed by atoms with Gasteiger partial charge in [0.1, 0.15) is 0 Å². The molecule has 122 valence electrons. The van der Waals surface area contributed by atoms with E-state index in [9.17, 15) is 13.2 Å². The van der Waals surface area contributed by atoms with Crippen molar-refractivity contribution in [2.75, 3.05) is 6.54 Å². The fourth-order valence-corrected chi connectivity index (χ4v) is 3.36. The summed E-state index contributed by atoms with van der Waals surface area (Å²) in [6, 6.07) is 2.95. The van der Waals surface area contributed by atoms with Crippen LogP contribution in [0, 0.1) is 5.41 Å². The van der Waals surface area contributed by atoms with Crippen LogP contribution in [0.15, 0.2) is 23.4 Å². The van der Waals surface area contributed by atoms with Crippen LogP contribution in [0.25, 0.3) is 0 Å². The molecule has 0 unspecified atom stereocenters. The smallest absolute Gasteiger partial charge is 0.255 e. The van der Waals surface area contributed by atoms with Crippen LogP contribution in [0.5, 0.6) is 0 Å². The molecule has 1 aliphatic rings. The molecule has 1 atom stereocenters. The van der Waals surface area contributed by atoms with E-state index >= 15 is 0 Å². The standard InChI is InChI=1S/C15H23N3O3S/c1-4-15(2,3)12-6-5-9-18(12)14(19)11-7-8-13(17-10-11)22(16,20)21/h7-8,10,12H,4-6,9H2,1-3H3,(H2,16,20,21)/t12-/m1/s1. The molecule has 1 fully saturated rings. The van der Waals surface area contributed by atoms with Crippen LogP contribution in [-0.2, 0) is 10.0 Å². The Bertz CT molecular complexity index is 653. The molecule has 2 heterocycles. The van der Waals surface area contributed by atoms with E-state index in [-0.39, 0.29) is 22.4 Å². The molecule has 0 radical (unpaired) electrons. The zero-order valence-electron chi connectivity index (χ0n) is 13.2. The lowest BCUT2D eigenvalue weighted by Gasteiger charge is -2.37. The number of pyridine rings is 1. The number of amides is 1. The number of aromatic nitrogens is 1. The number of rotatable bonds is 4. The normalized spacial score (nSPS) is 19.5. The van der Waals surface area contributed by atoms with Crippen molar-refractivity contribution in [1.82, 2.24) is 9.88 Å². The molecule has 7 heteroatoms. The molecular formula is C15H23N3O3S. The van der Waals surface area contributed by atoms with Crippen molar-refractivity contribution < 1.29 is 13.2 Å². The van der Waals surface area contributed by atoms with E-state index in [2.05, 4.69) is 25.8 Å². The molecule has 1 saturated heterocycles. The number of hydrogen-bond acceptors (Lipinski definition) is 4. The maximum Gasteiger partial charge on any atom is 0.255 e. The van der Waals surface area contributed by atoms with Crippen LogP contribution in [0.1, 0.15) is 50.4 Å². The number of sulfonamides is 1. The van der Waals surface area contributed by atoms with E-state index in [4.69, 9.17) is 5.14 Å². The van der Waals surface area contributed by atoms with Crippen molar-refractivity contribution in [3.8, 4) is 0 Å². The predicted octanol–water partition coefficient (Wildman–Crippen LogP) is 1.77. The van der Waals surface area contributed by atoms with Crippen LogP contribution in [0.3, 0.4) is 0 Å². The third-order valence-corrected chi connectivity index (χ3v) is 5.43. The first-order valence-corrected chi connectivity index (χ1v) is 9.01. The molecule has 1 aromatic rings. The first kappa shape index (κ1) is 16.9. The van der Waals surface area contributed by atoms with Gasteiger partial charge in [-0.15, -0.1) is 0 Å². The summed E-state index contributed by atoms with van der Waals surface area (Å²) >= 11 is 0. The van der Waals surface area contributed by atoms with Crippen molar-refractivity contribution in [3.05, 3.63) is 23.9 Å². The minimum atomic E-state index is -3.84. The lowest BCUT2D eigenvalue weighted by atomic mass is 9.80. The monoisotopic (exact) mass is 325 g/mol. The highest BCUT2D eigenvalue weighted by Gasteiger charge is 2.38. The van der Waals surface area contributed by atoms with E-state index in [1.807, 2.05) is 4.90 Å². The molecule has 1 amide bonds. The molecule has 2 N–H and O–H groups in total. The number of hydrogen-bond donors (Lipinski definition) is 1. The van der Waals surface area contributed by atoms with Gasteiger partial charge in [0.25, 0.3) is 15.9 Å². The van der Waals surface area contributed by atoms with Gasteiger partial charge in [-0.1, -0.05) is 20.8 Å². The second-order valence-corrected chi connectivity index (χ2v) is 7.94. The highest BCUT2D eigenvalue weighted by Crippen LogP contribution is 2.36. The number of carbonyl (C=O) groups excluding carboxylic acids is 1. The largest absolute Gasteiger partial charge is 0.335 e. The fraction of sp³-hybridized carbons (Fsp3) is 0.600. The minimum absolute atomic E-state index is 0.0557. The highest BCUT2D eigenvalue weighted by atomic mass is 32.2. The summed E-state index contributed by atoms with van der Waals surface area (Å²) in [6.45, 7) is 7.20. The molecule has 0 aliphatic carbocycles. The molecule has 2 rings (SSSR count). The summed E-state index contributed by atoms with van der Waals surface area (Å²) in [5.74, 6) is -0.0995. The van der Waals surface area contributed by atoms with Crippen molar-refractivity contribution >= 4 is 15.9 Å². The van der Waals surface area contributed by atoms with Gasteiger partial charge in [-0.3, -0.25) is 4.79 Å². The SMILES string of the molecule is CCC(C)(C)[C@H]1CCCN1C(=O)c1ccc(S(N)(=O)=O)nc1. The summed E-state index contributed by atoms with van der Waals surface area (Å²) in [4.78, 5) is 18.4. The number of primary sulfonamides is 1. The molecular weight excluding hydrogens is 302 g/mol. The van der Waals surface area contributed by atoms with Crippen molar-refractivity contribution in [3.63, 3.8) is 0 Å². The number of carbonyl (C=O) groups is 1. The van der Waals surface area contributed by atoms with Crippen LogP contribution in [0.2, 0.25) is 0 Å². The molecule has 0 spiro atoms. The Morgan fingerprint density at radius 1 is 1.45 bits per heavy atom. The Morgan fingerprint density at radius 2 is 2.14 bits per heavy atom. The van der Waals surface area contributed by atoms with Gasteiger partial charge in [-0.05, 0) is 36.8 Å². The third kappa shape index (κ3) is 3.30. The van der Waals surface area contributed by atoms with Crippen LogP contribution < -0.4 is 5.14 Å². The first-order chi connectivity index (χ1) is 10.2. The maximum absolute atomic E-state index is 12.7. The van der Waals surface area contributed by atoms with Gasteiger partial charge in [0.05, 0.1) is 5.56 Å². The Kier molecular flexibility index (Phi) is 4.58. The molecule has 6 nitrogen and oxygen atoms in total. The summed E-state index contributed by atoms with van der Waals surface area (Å²) in [5.41, 5.74) is 0.450. The summed E-state index contributed by atoms with van der Waals surface area (Å²) in [6.07, 6.45) is 4.26. The number of nitrogens with zero attached hydrogens (tertiary/aromatic N) is 2.